The SMILES string of the molecule is CC(C)Cc1nnc2n1CC(CCN)CC2. The molecule has 1 atom stereocenters. The van der Waals surface area contributed by atoms with E-state index in [1.165, 1.54) is 12.2 Å². The van der Waals surface area contributed by atoms with Crippen LogP contribution in [0.5, 0.6) is 0 Å². The van der Waals surface area contributed by atoms with Crippen LogP contribution >= 0.6 is 0 Å². The molecule has 1 aliphatic rings. The van der Waals surface area contributed by atoms with Crippen LogP contribution in [-0.4, -0.2) is 21.3 Å². The molecular weight excluding hydrogens is 200 g/mol. The first-order chi connectivity index (χ1) is 7.70. The van der Waals surface area contributed by atoms with Crippen molar-refractivity contribution in [1.29, 1.82) is 0 Å². The molecule has 1 aromatic rings. The minimum Gasteiger partial charge on any atom is -0.330 e. The molecule has 0 saturated carbocycles. The van der Waals surface area contributed by atoms with E-state index in [9.17, 15) is 0 Å². The van der Waals surface area contributed by atoms with E-state index in [2.05, 4.69) is 28.6 Å². The van der Waals surface area contributed by atoms with Gasteiger partial charge >= 0.3 is 0 Å². The molecule has 0 aliphatic carbocycles. The molecule has 0 spiro atoms. The fourth-order valence-electron chi connectivity index (χ4n) is 2.44. The van der Waals surface area contributed by atoms with Gasteiger partial charge in [-0.2, -0.15) is 0 Å². The van der Waals surface area contributed by atoms with E-state index in [4.69, 9.17) is 5.73 Å². The summed E-state index contributed by atoms with van der Waals surface area (Å²) in [5, 5.41) is 8.60. The van der Waals surface area contributed by atoms with Gasteiger partial charge in [0.2, 0.25) is 0 Å². The summed E-state index contributed by atoms with van der Waals surface area (Å²) in [7, 11) is 0. The molecule has 16 heavy (non-hydrogen) atoms. The summed E-state index contributed by atoms with van der Waals surface area (Å²) >= 11 is 0. The number of aromatic nitrogens is 3. The first-order valence-corrected chi connectivity index (χ1v) is 6.31. The first-order valence-electron chi connectivity index (χ1n) is 6.31. The van der Waals surface area contributed by atoms with Crippen LogP contribution in [0, 0.1) is 11.8 Å². The Labute approximate surface area is 97.2 Å². The van der Waals surface area contributed by atoms with E-state index in [0.717, 1.165) is 44.1 Å². The maximum atomic E-state index is 5.63. The lowest BCUT2D eigenvalue weighted by molar-refractivity contribution is 0.340. The van der Waals surface area contributed by atoms with E-state index in [-0.39, 0.29) is 0 Å². The van der Waals surface area contributed by atoms with Gasteiger partial charge in [-0.05, 0) is 31.2 Å². The van der Waals surface area contributed by atoms with Gasteiger partial charge in [-0.1, -0.05) is 13.8 Å². The van der Waals surface area contributed by atoms with Crippen molar-refractivity contribution in [3.63, 3.8) is 0 Å². The van der Waals surface area contributed by atoms with Gasteiger partial charge in [0.1, 0.15) is 11.6 Å². The highest BCUT2D eigenvalue weighted by atomic mass is 15.3. The summed E-state index contributed by atoms with van der Waals surface area (Å²) in [5.74, 6) is 3.69. The highest BCUT2D eigenvalue weighted by molar-refractivity contribution is 5.00. The van der Waals surface area contributed by atoms with Gasteiger partial charge in [-0.25, -0.2) is 0 Å². The average molecular weight is 222 g/mol. The molecule has 0 radical (unpaired) electrons. The predicted octanol–water partition coefficient (Wildman–Crippen LogP) is 1.39. The van der Waals surface area contributed by atoms with Crippen molar-refractivity contribution in [2.75, 3.05) is 6.54 Å². The molecule has 0 aromatic carbocycles. The van der Waals surface area contributed by atoms with Crippen molar-refractivity contribution < 1.29 is 0 Å². The number of hydrogen-bond donors (Lipinski definition) is 1. The normalized spacial score (nSPS) is 20.1. The van der Waals surface area contributed by atoms with E-state index >= 15 is 0 Å². The Morgan fingerprint density at radius 2 is 2.25 bits per heavy atom. The predicted molar refractivity (Wildman–Crippen MR) is 64.0 cm³/mol. The second kappa shape index (κ2) is 4.95. The van der Waals surface area contributed by atoms with Crippen molar-refractivity contribution >= 4 is 0 Å². The van der Waals surface area contributed by atoms with Crippen LogP contribution in [0.1, 0.15) is 38.3 Å². The third-order valence-corrected chi connectivity index (χ3v) is 3.29. The van der Waals surface area contributed by atoms with Crippen LogP contribution in [-0.2, 0) is 19.4 Å². The summed E-state index contributed by atoms with van der Waals surface area (Å²) in [5.41, 5.74) is 5.63. The zero-order valence-corrected chi connectivity index (χ0v) is 10.3. The first kappa shape index (κ1) is 11.6. The topological polar surface area (TPSA) is 56.7 Å². The Hall–Kier alpha value is -0.900. The summed E-state index contributed by atoms with van der Waals surface area (Å²) in [4.78, 5) is 0. The minimum absolute atomic E-state index is 0.642. The molecule has 0 saturated heterocycles. The Morgan fingerprint density at radius 1 is 1.44 bits per heavy atom. The van der Waals surface area contributed by atoms with E-state index < -0.39 is 0 Å². The molecule has 0 amide bonds. The van der Waals surface area contributed by atoms with Gasteiger partial charge < -0.3 is 10.3 Å². The lowest BCUT2D eigenvalue weighted by Crippen LogP contribution is -2.24. The smallest absolute Gasteiger partial charge is 0.133 e. The van der Waals surface area contributed by atoms with E-state index in [0.29, 0.717) is 5.92 Å². The molecule has 0 fully saturated rings. The molecule has 2 rings (SSSR count). The number of aryl methyl sites for hydroxylation is 1. The third-order valence-electron chi connectivity index (χ3n) is 3.29. The fourth-order valence-corrected chi connectivity index (χ4v) is 2.44. The molecule has 90 valence electrons. The maximum Gasteiger partial charge on any atom is 0.133 e. The molecule has 4 nitrogen and oxygen atoms in total. The van der Waals surface area contributed by atoms with Gasteiger partial charge in [0, 0.05) is 19.4 Å². The molecular formula is C12H22N4. The number of hydrogen-bond acceptors (Lipinski definition) is 3. The van der Waals surface area contributed by atoms with Gasteiger partial charge in [0.05, 0.1) is 0 Å². The highest BCUT2D eigenvalue weighted by Gasteiger charge is 2.22. The number of fused-ring (bicyclic) bond motifs is 1. The average Bonchev–Trinajstić information content (AvgIpc) is 2.61. The molecule has 1 aromatic heterocycles. The highest BCUT2D eigenvalue weighted by Crippen LogP contribution is 2.23. The third kappa shape index (κ3) is 2.43. The Kier molecular flexibility index (Phi) is 3.59. The number of nitrogens with two attached hydrogens (primary N) is 1. The zero-order valence-electron chi connectivity index (χ0n) is 10.3. The second-order valence-electron chi connectivity index (χ2n) is 5.22. The second-order valence-corrected chi connectivity index (χ2v) is 5.22. The van der Waals surface area contributed by atoms with Gasteiger partial charge in [-0.15, -0.1) is 10.2 Å². The summed E-state index contributed by atoms with van der Waals surface area (Å²) < 4.78 is 2.32. The van der Waals surface area contributed by atoms with Crippen LogP contribution in [0.3, 0.4) is 0 Å². The van der Waals surface area contributed by atoms with Crippen LogP contribution < -0.4 is 5.73 Å². The Morgan fingerprint density at radius 3 is 2.94 bits per heavy atom. The quantitative estimate of drug-likeness (QED) is 0.837. The van der Waals surface area contributed by atoms with E-state index in [1.54, 1.807) is 0 Å². The lowest BCUT2D eigenvalue weighted by Gasteiger charge is -2.24. The van der Waals surface area contributed by atoms with E-state index in [1.807, 2.05) is 0 Å². The van der Waals surface area contributed by atoms with Crippen molar-refractivity contribution in [2.24, 2.45) is 17.6 Å². The monoisotopic (exact) mass is 222 g/mol. The number of nitrogens with zero attached hydrogens (tertiary/aromatic N) is 3. The van der Waals surface area contributed by atoms with Crippen LogP contribution in [0.25, 0.3) is 0 Å². The van der Waals surface area contributed by atoms with Crippen LogP contribution in [0.15, 0.2) is 0 Å². The standard InChI is InChI=1S/C12H22N4/c1-9(2)7-12-15-14-11-4-3-10(5-6-13)8-16(11)12/h9-10H,3-8,13H2,1-2H3. The molecule has 1 unspecified atom stereocenters. The molecule has 2 heterocycles. The summed E-state index contributed by atoms with van der Waals surface area (Å²) in [6, 6.07) is 0. The van der Waals surface area contributed by atoms with Crippen LogP contribution in [0.2, 0.25) is 0 Å². The summed E-state index contributed by atoms with van der Waals surface area (Å²) in [6.45, 7) is 6.31. The molecule has 1 aliphatic heterocycles. The van der Waals surface area contributed by atoms with Crippen molar-refractivity contribution in [1.82, 2.24) is 14.8 Å². The Bertz CT molecular complexity index is 343. The lowest BCUT2D eigenvalue weighted by atomic mass is 9.96. The largest absolute Gasteiger partial charge is 0.330 e. The van der Waals surface area contributed by atoms with Crippen LogP contribution in [0.4, 0.5) is 0 Å². The molecule has 4 heteroatoms. The summed E-state index contributed by atoms with van der Waals surface area (Å²) in [6.07, 6.45) is 4.44. The molecule has 0 bridgehead atoms. The zero-order chi connectivity index (χ0) is 11.5. The van der Waals surface area contributed by atoms with Crippen molar-refractivity contribution in [2.45, 2.75) is 46.1 Å². The van der Waals surface area contributed by atoms with Gasteiger partial charge in [0.25, 0.3) is 0 Å². The Balaban J connectivity index is 2.11. The number of rotatable bonds is 4. The maximum absolute atomic E-state index is 5.63. The van der Waals surface area contributed by atoms with Gasteiger partial charge in [-0.3, -0.25) is 0 Å². The fraction of sp³-hybridized carbons (Fsp3) is 0.833. The van der Waals surface area contributed by atoms with Gasteiger partial charge in [0.15, 0.2) is 0 Å². The minimum atomic E-state index is 0.642. The van der Waals surface area contributed by atoms with Crippen molar-refractivity contribution in [3.05, 3.63) is 11.6 Å². The molecule has 2 N–H and O–H groups in total. The van der Waals surface area contributed by atoms with Crippen molar-refractivity contribution in [3.8, 4) is 0 Å².